The summed E-state index contributed by atoms with van der Waals surface area (Å²) in [4.78, 5) is 15.9. The van der Waals surface area contributed by atoms with Crippen molar-refractivity contribution in [3.63, 3.8) is 0 Å². The van der Waals surface area contributed by atoms with Crippen molar-refractivity contribution >= 4 is 16.9 Å². The van der Waals surface area contributed by atoms with Gasteiger partial charge in [-0.05, 0) is 36.2 Å². The number of hydrogen-bond acceptors (Lipinski definition) is 4. The molecule has 3 aromatic rings. The average Bonchev–Trinajstić information content (AvgIpc) is 3.06. The Hall–Kier alpha value is -3.10. The molecule has 5 heteroatoms. The summed E-state index contributed by atoms with van der Waals surface area (Å²) in [6.45, 7) is 2.18. The summed E-state index contributed by atoms with van der Waals surface area (Å²) in [6.07, 6.45) is 0.588. The second-order valence-electron chi connectivity index (χ2n) is 6.41. The van der Waals surface area contributed by atoms with Crippen molar-refractivity contribution < 1.29 is 9.53 Å². The average molecular weight is 345 g/mol. The van der Waals surface area contributed by atoms with Crippen LogP contribution in [0.5, 0.6) is 0 Å². The minimum atomic E-state index is -0.401. The summed E-state index contributed by atoms with van der Waals surface area (Å²) < 4.78 is 5.25. The summed E-state index contributed by atoms with van der Waals surface area (Å²) >= 11 is 0. The second-order valence-corrected chi connectivity index (χ2v) is 6.41. The lowest BCUT2D eigenvalue weighted by molar-refractivity contribution is -0.146. The van der Waals surface area contributed by atoms with Gasteiger partial charge in [0.15, 0.2) is 0 Å². The zero-order valence-corrected chi connectivity index (χ0v) is 14.5. The summed E-state index contributed by atoms with van der Waals surface area (Å²) in [5.41, 5.74) is 4.89. The highest BCUT2D eigenvalue weighted by molar-refractivity contribution is 5.87. The Labute approximate surface area is 151 Å². The first-order valence-electron chi connectivity index (χ1n) is 8.73. The van der Waals surface area contributed by atoms with Crippen LogP contribution in [0, 0.1) is 11.3 Å². The SMILES string of the molecule is CCOC(=O)[C@H]1Cc2c([nH]c3ccccc23)[C@H](c2ccc(C#N)cc2)N1. The van der Waals surface area contributed by atoms with Gasteiger partial charge in [-0.1, -0.05) is 30.3 Å². The molecule has 2 heterocycles. The standard InChI is InChI=1S/C21H19N3O2/c1-2-26-21(25)18-11-16-15-5-3-4-6-17(15)23-20(16)19(24-18)14-9-7-13(12-22)8-10-14/h3-10,18-19,23-24H,2,11H2,1H3/t18-,19+/m1/s1. The van der Waals surface area contributed by atoms with E-state index in [0.29, 0.717) is 18.6 Å². The van der Waals surface area contributed by atoms with Crippen LogP contribution in [0.15, 0.2) is 48.5 Å². The Balaban J connectivity index is 1.81. The normalized spacial score (nSPS) is 18.9. The van der Waals surface area contributed by atoms with E-state index in [1.165, 1.54) is 0 Å². The summed E-state index contributed by atoms with van der Waals surface area (Å²) in [7, 11) is 0. The first-order chi connectivity index (χ1) is 12.7. The van der Waals surface area contributed by atoms with Crippen LogP contribution < -0.4 is 5.32 Å². The molecule has 0 spiro atoms. The van der Waals surface area contributed by atoms with E-state index in [2.05, 4.69) is 22.4 Å². The van der Waals surface area contributed by atoms with Crippen molar-refractivity contribution in [1.82, 2.24) is 10.3 Å². The number of nitriles is 1. The Morgan fingerprint density at radius 1 is 1.23 bits per heavy atom. The summed E-state index contributed by atoms with van der Waals surface area (Å²) in [5, 5.41) is 13.6. The zero-order chi connectivity index (χ0) is 18.1. The number of aromatic amines is 1. The Morgan fingerprint density at radius 3 is 2.73 bits per heavy atom. The fourth-order valence-electron chi connectivity index (χ4n) is 3.64. The molecule has 0 saturated carbocycles. The number of carbonyl (C=O) groups is 1. The Bertz CT molecular complexity index is 998. The number of nitrogens with zero attached hydrogens (tertiary/aromatic N) is 1. The van der Waals surface area contributed by atoms with Gasteiger partial charge in [-0.15, -0.1) is 0 Å². The second kappa shape index (κ2) is 6.66. The fourth-order valence-corrected chi connectivity index (χ4v) is 3.64. The fraction of sp³-hybridized carbons (Fsp3) is 0.238. The van der Waals surface area contributed by atoms with E-state index in [1.807, 2.05) is 37.3 Å². The van der Waals surface area contributed by atoms with Crippen molar-refractivity contribution in [3.8, 4) is 6.07 Å². The number of hydrogen-bond donors (Lipinski definition) is 2. The molecule has 26 heavy (non-hydrogen) atoms. The number of rotatable bonds is 3. The lowest BCUT2D eigenvalue weighted by atomic mass is 9.90. The number of carbonyl (C=O) groups excluding carboxylic acids is 1. The van der Waals surface area contributed by atoms with E-state index >= 15 is 0 Å². The first-order valence-corrected chi connectivity index (χ1v) is 8.73. The van der Waals surface area contributed by atoms with Crippen molar-refractivity contribution in [2.24, 2.45) is 0 Å². The number of benzene rings is 2. The monoisotopic (exact) mass is 345 g/mol. The molecule has 5 nitrogen and oxygen atoms in total. The van der Waals surface area contributed by atoms with Gasteiger partial charge in [-0.2, -0.15) is 5.26 Å². The number of H-pyrrole nitrogens is 1. The summed E-state index contributed by atoms with van der Waals surface area (Å²) in [6, 6.07) is 17.2. The van der Waals surface area contributed by atoms with Crippen LogP contribution in [0.25, 0.3) is 10.9 Å². The lowest BCUT2D eigenvalue weighted by Gasteiger charge is -2.30. The number of esters is 1. The van der Waals surface area contributed by atoms with Crippen LogP contribution in [-0.4, -0.2) is 23.6 Å². The van der Waals surface area contributed by atoms with E-state index in [0.717, 1.165) is 27.7 Å². The molecule has 130 valence electrons. The maximum atomic E-state index is 12.4. The van der Waals surface area contributed by atoms with Crippen molar-refractivity contribution in [2.75, 3.05) is 6.61 Å². The molecule has 0 radical (unpaired) electrons. The molecule has 4 rings (SSSR count). The largest absolute Gasteiger partial charge is 0.465 e. The van der Waals surface area contributed by atoms with Gasteiger partial charge in [-0.25, -0.2) is 0 Å². The van der Waals surface area contributed by atoms with E-state index in [1.54, 1.807) is 12.1 Å². The van der Waals surface area contributed by atoms with Gasteiger partial charge < -0.3 is 9.72 Å². The molecule has 2 atom stereocenters. The van der Waals surface area contributed by atoms with Gasteiger partial charge in [0, 0.05) is 23.0 Å². The van der Waals surface area contributed by atoms with Crippen LogP contribution in [0.4, 0.5) is 0 Å². The Kier molecular flexibility index (Phi) is 4.19. The van der Waals surface area contributed by atoms with Gasteiger partial charge in [0.2, 0.25) is 0 Å². The molecule has 1 aliphatic rings. The third kappa shape index (κ3) is 2.75. The Morgan fingerprint density at radius 2 is 2.00 bits per heavy atom. The van der Waals surface area contributed by atoms with Crippen LogP contribution in [0.1, 0.15) is 35.3 Å². The molecular weight excluding hydrogens is 326 g/mol. The van der Waals surface area contributed by atoms with Crippen LogP contribution >= 0.6 is 0 Å². The predicted octanol–water partition coefficient (Wildman–Crippen LogP) is 3.21. The van der Waals surface area contributed by atoms with Crippen LogP contribution in [0.3, 0.4) is 0 Å². The molecule has 2 aromatic carbocycles. The number of fused-ring (bicyclic) bond motifs is 3. The van der Waals surface area contributed by atoms with Crippen molar-refractivity contribution in [2.45, 2.75) is 25.4 Å². The van der Waals surface area contributed by atoms with Gasteiger partial charge in [0.25, 0.3) is 0 Å². The predicted molar refractivity (Wildman–Crippen MR) is 98.6 cm³/mol. The molecule has 0 fully saturated rings. The van der Waals surface area contributed by atoms with Crippen molar-refractivity contribution in [1.29, 1.82) is 5.26 Å². The molecule has 2 N–H and O–H groups in total. The molecular formula is C21H19N3O2. The quantitative estimate of drug-likeness (QED) is 0.715. The van der Waals surface area contributed by atoms with E-state index in [4.69, 9.17) is 10.00 Å². The number of para-hydroxylation sites is 1. The van der Waals surface area contributed by atoms with Crippen LogP contribution in [0.2, 0.25) is 0 Å². The minimum Gasteiger partial charge on any atom is -0.465 e. The third-order valence-corrected chi connectivity index (χ3v) is 4.86. The van der Waals surface area contributed by atoms with E-state index in [9.17, 15) is 4.79 Å². The molecule has 0 aliphatic carbocycles. The zero-order valence-electron chi connectivity index (χ0n) is 14.5. The minimum absolute atomic E-state index is 0.159. The topological polar surface area (TPSA) is 77.9 Å². The number of aromatic nitrogens is 1. The highest BCUT2D eigenvalue weighted by Crippen LogP contribution is 2.35. The number of nitrogens with one attached hydrogen (secondary N) is 2. The van der Waals surface area contributed by atoms with Gasteiger partial charge in [0.1, 0.15) is 6.04 Å². The maximum absolute atomic E-state index is 12.4. The van der Waals surface area contributed by atoms with Crippen molar-refractivity contribution in [3.05, 3.63) is 70.9 Å². The smallest absolute Gasteiger partial charge is 0.323 e. The maximum Gasteiger partial charge on any atom is 0.323 e. The molecule has 0 amide bonds. The number of ether oxygens (including phenoxy) is 1. The highest BCUT2D eigenvalue weighted by Gasteiger charge is 2.34. The van der Waals surface area contributed by atoms with E-state index in [-0.39, 0.29) is 12.0 Å². The first kappa shape index (κ1) is 16.4. The van der Waals surface area contributed by atoms with Gasteiger partial charge in [0.05, 0.1) is 24.3 Å². The van der Waals surface area contributed by atoms with Gasteiger partial charge >= 0.3 is 5.97 Å². The van der Waals surface area contributed by atoms with Gasteiger partial charge in [-0.3, -0.25) is 10.1 Å². The highest BCUT2D eigenvalue weighted by atomic mass is 16.5. The lowest BCUT2D eigenvalue weighted by Crippen LogP contribution is -2.45. The molecule has 0 bridgehead atoms. The molecule has 1 aromatic heterocycles. The van der Waals surface area contributed by atoms with Crippen LogP contribution in [-0.2, 0) is 16.0 Å². The van der Waals surface area contributed by atoms with E-state index < -0.39 is 6.04 Å². The molecule has 0 unspecified atom stereocenters. The summed E-state index contributed by atoms with van der Waals surface area (Å²) in [5.74, 6) is -0.234. The molecule has 0 saturated heterocycles. The third-order valence-electron chi connectivity index (χ3n) is 4.86. The molecule has 1 aliphatic heterocycles.